The van der Waals surface area contributed by atoms with Crippen LogP contribution in [0, 0.1) is 0 Å². The van der Waals surface area contributed by atoms with E-state index >= 15 is 0 Å². The van der Waals surface area contributed by atoms with Gasteiger partial charge in [-0.25, -0.2) is 0 Å². The highest BCUT2D eigenvalue weighted by molar-refractivity contribution is 7.97. The van der Waals surface area contributed by atoms with E-state index in [1.165, 1.54) is 5.57 Å². The van der Waals surface area contributed by atoms with Gasteiger partial charge in [-0.05, 0) is 26.3 Å². The van der Waals surface area contributed by atoms with E-state index < -0.39 is 8.24 Å². The summed E-state index contributed by atoms with van der Waals surface area (Å²) in [6.45, 7) is 9.17. The largest absolute Gasteiger partial charge is 0.323 e. The van der Waals surface area contributed by atoms with Gasteiger partial charge >= 0.3 is 0 Å². The lowest BCUT2D eigenvalue weighted by atomic mass is 10.1. The normalized spacial score (nSPS) is 22.1. The molecule has 0 saturated heterocycles. The molecule has 92 valence electrons. The molecule has 1 rings (SSSR count). The van der Waals surface area contributed by atoms with Crippen LogP contribution in [0.5, 0.6) is 0 Å². The van der Waals surface area contributed by atoms with Crippen molar-refractivity contribution in [1.29, 1.82) is 0 Å². The Bertz CT molecular complexity index is 319. The second-order valence-corrected chi connectivity index (χ2v) is 11.0. The molecule has 0 aromatic rings. The minimum Gasteiger partial charge on any atom is -0.323 e. The maximum atomic E-state index is 11.4. The van der Waals surface area contributed by atoms with Crippen LogP contribution in [0.4, 0.5) is 0 Å². The molecule has 2 nitrogen and oxygen atoms in total. The molecule has 0 bridgehead atoms. The highest BCUT2D eigenvalue weighted by Crippen LogP contribution is 2.34. The maximum absolute atomic E-state index is 11.4. The SMILES string of the molecule is CCC1=C(C(=O)S)CC(N(C)[Si](C)(C)C)C1. The molecular formula is C12H23NOSSi. The lowest BCUT2D eigenvalue weighted by Gasteiger charge is -2.35. The number of thiol groups is 1. The van der Waals surface area contributed by atoms with Crippen LogP contribution in [0.25, 0.3) is 0 Å². The Hall–Kier alpha value is -0.0631. The number of hydrogen-bond acceptors (Lipinski definition) is 2. The third kappa shape index (κ3) is 2.99. The molecule has 0 spiro atoms. The van der Waals surface area contributed by atoms with Crippen LogP contribution in [-0.2, 0) is 4.79 Å². The molecule has 0 N–H and O–H groups in total. The van der Waals surface area contributed by atoms with Gasteiger partial charge in [0.2, 0.25) is 5.12 Å². The first-order chi connectivity index (χ1) is 7.27. The van der Waals surface area contributed by atoms with Crippen LogP contribution in [-0.4, -0.2) is 31.0 Å². The van der Waals surface area contributed by atoms with Gasteiger partial charge in [-0.2, -0.15) is 0 Å². The van der Waals surface area contributed by atoms with Crippen molar-refractivity contribution in [3.8, 4) is 0 Å². The minimum atomic E-state index is -1.26. The van der Waals surface area contributed by atoms with Gasteiger partial charge < -0.3 is 4.57 Å². The van der Waals surface area contributed by atoms with E-state index in [0.717, 1.165) is 24.8 Å². The first kappa shape index (κ1) is 14.0. The Morgan fingerprint density at radius 2 is 2.00 bits per heavy atom. The maximum Gasteiger partial charge on any atom is 0.212 e. The fraction of sp³-hybridized carbons (Fsp3) is 0.750. The van der Waals surface area contributed by atoms with Gasteiger partial charge in [0, 0.05) is 11.6 Å². The summed E-state index contributed by atoms with van der Waals surface area (Å²) in [4.78, 5) is 11.4. The molecule has 4 heteroatoms. The van der Waals surface area contributed by atoms with Gasteiger partial charge in [0.15, 0.2) is 0 Å². The molecule has 1 aliphatic carbocycles. The van der Waals surface area contributed by atoms with Crippen LogP contribution in [0.2, 0.25) is 19.6 Å². The molecule has 0 aromatic heterocycles. The second kappa shape index (κ2) is 5.06. The first-order valence-corrected chi connectivity index (χ1v) is 9.84. The van der Waals surface area contributed by atoms with Crippen LogP contribution in [0.3, 0.4) is 0 Å². The summed E-state index contributed by atoms with van der Waals surface area (Å²) in [5.41, 5.74) is 2.29. The van der Waals surface area contributed by atoms with E-state index in [0.29, 0.717) is 6.04 Å². The molecule has 1 atom stereocenters. The predicted molar refractivity (Wildman–Crippen MR) is 75.4 cm³/mol. The summed E-state index contributed by atoms with van der Waals surface area (Å²) in [5, 5.41) is -0.0247. The molecule has 0 saturated carbocycles. The molecule has 0 radical (unpaired) electrons. The topological polar surface area (TPSA) is 20.3 Å². The third-order valence-electron chi connectivity index (χ3n) is 3.64. The number of nitrogens with zero attached hydrogens (tertiary/aromatic N) is 1. The highest BCUT2D eigenvalue weighted by atomic mass is 32.1. The smallest absolute Gasteiger partial charge is 0.212 e. The van der Waals surface area contributed by atoms with Crippen LogP contribution in [0.1, 0.15) is 26.2 Å². The average molecular weight is 257 g/mol. The van der Waals surface area contributed by atoms with E-state index in [1.807, 2.05) is 0 Å². The lowest BCUT2D eigenvalue weighted by molar-refractivity contribution is -0.107. The molecule has 0 aromatic carbocycles. The van der Waals surface area contributed by atoms with Gasteiger partial charge in [0.25, 0.3) is 0 Å². The molecule has 16 heavy (non-hydrogen) atoms. The predicted octanol–water partition coefficient (Wildman–Crippen LogP) is 3.08. The van der Waals surface area contributed by atoms with Gasteiger partial charge in [-0.3, -0.25) is 4.79 Å². The number of carbonyl (C=O) groups excluding carboxylic acids is 1. The number of carbonyl (C=O) groups is 1. The molecule has 1 unspecified atom stereocenters. The zero-order chi connectivity index (χ0) is 12.5. The Balaban J connectivity index is 2.78. The van der Waals surface area contributed by atoms with Crippen LogP contribution < -0.4 is 0 Å². The van der Waals surface area contributed by atoms with Gasteiger partial charge in [-0.1, -0.05) is 32.1 Å². The monoisotopic (exact) mass is 257 g/mol. The average Bonchev–Trinajstić information content (AvgIpc) is 2.58. The third-order valence-corrected chi connectivity index (χ3v) is 6.39. The second-order valence-electron chi connectivity index (χ2n) is 5.58. The summed E-state index contributed by atoms with van der Waals surface area (Å²) < 4.78 is 2.51. The fourth-order valence-corrected chi connectivity index (χ4v) is 3.81. The van der Waals surface area contributed by atoms with Crippen molar-refractivity contribution < 1.29 is 4.79 Å². The van der Waals surface area contributed by atoms with Crippen molar-refractivity contribution >= 4 is 26.0 Å². The van der Waals surface area contributed by atoms with Crippen molar-refractivity contribution in [2.45, 2.75) is 51.9 Å². The molecule has 1 aliphatic rings. The molecule has 0 heterocycles. The van der Waals surface area contributed by atoms with Gasteiger partial charge in [-0.15, -0.1) is 12.6 Å². The Morgan fingerprint density at radius 3 is 2.31 bits per heavy atom. The van der Waals surface area contributed by atoms with E-state index in [1.54, 1.807) is 0 Å². The van der Waals surface area contributed by atoms with E-state index in [9.17, 15) is 4.79 Å². The van der Waals surface area contributed by atoms with Crippen molar-refractivity contribution in [3.63, 3.8) is 0 Å². The summed E-state index contributed by atoms with van der Waals surface area (Å²) >= 11 is 3.98. The summed E-state index contributed by atoms with van der Waals surface area (Å²) in [6.07, 6.45) is 2.93. The number of rotatable bonds is 4. The van der Waals surface area contributed by atoms with E-state index in [-0.39, 0.29) is 5.12 Å². The van der Waals surface area contributed by atoms with Crippen molar-refractivity contribution in [2.24, 2.45) is 0 Å². The zero-order valence-corrected chi connectivity index (χ0v) is 12.9. The zero-order valence-electron chi connectivity index (χ0n) is 11.0. The van der Waals surface area contributed by atoms with Crippen LogP contribution in [0.15, 0.2) is 11.1 Å². The standard InChI is InChI=1S/C12H23NOSSi/c1-6-9-7-10(8-11(9)12(14)15)13(2)16(3,4)5/h10H,6-8H2,1-5H3,(H,14,15). The van der Waals surface area contributed by atoms with Gasteiger partial charge in [0.1, 0.15) is 8.24 Å². The molecule has 0 amide bonds. The summed E-state index contributed by atoms with van der Waals surface area (Å²) in [6, 6.07) is 0.521. The van der Waals surface area contributed by atoms with Gasteiger partial charge in [0.05, 0.1) is 0 Å². The Labute approximate surface area is 106 Å². The van der Waals surface area contributed by atoms with E-state index in [2.05, 4.69) is 50.8 Å². The molecule has 0 fully saturated rings. The quantitative estimate of drug-likeness (QED) is 0.617. The van der Waals surface area contributed by atoms with Crippen LogP contribution >= 0.6 is 12.6 Å². The van der Waals surface area contributed by atoms with Crippen molar-refractivity contribution in [1.82, 2.24) is 4.57 Å². The summed E-state index contributed by atoms with van der Waals surface area (Å²) in [7, 11) is 0.943. The first-order valence-electron chi connectivity index (χ1n) is 5.94. The van der Waals surface area contributed by atoms with Crippen molar-refractivity contribution in [2.75, 3.05) is 7.05 Å². The highest BCUT2D eigenvalue weighted by Gasteiger charge is 2.33. The Morgan fingerprint density at radius 1 is 1.44 bits per heavy atom. The molecule has 0 aliphatic heterocycles. The summed E-state index contributed by atoms with van der Waals surface area (Å²) in [5.74, 6) is 0. The number of hydrogen-bond donors (Lipinski definition) is 1. The minimum absolute atomic E-state index is 0.0247. The Kier molecular flexibility index (Phi) is 4.43. The van der Waals surface area contributed by atoms with Crippen molar-refractivity contribution in [3.05, 3.63) is 11.1 Å². The van der Waals surface area contributed by atoms with E-state index in [4.69, 9.17) is 0 Å². The lowest BCUT2D eigenvalue weighted by Crippen LogP contribution is -2.48. The molecular weight excluding hydrogens is 234 g/mol. The fourth-order valence-electron chi connectivity index (χ4n) is 2.28.